The number of rotatable bonds is 3. The van der Waals surface area contributed by atoms with Crippen molar-refractivity contribution in [2.75, 3.05) is 0 Å². The third-order valence-corrected chi connectivity index (χ3v) is 1.02. The summed E-state index contributed by atoms with van der Waals surface area (Å²) in [5.74, 6) is 0. The Morgan fingerprint density at radius 1 is 1.15 bits per heavy atom. The van der Waals surface area contributed by atoms with E-state index in [0.717, 1.165) is 6.42 Å². The van der Waals surface area contributed by atoms with E-state index in [4.69, 9.17) is 0 Å². The lowest BCUT2D eigenvalue weighted by Crippen LogP contribution is -1.64. The van der Waals surface area contributed by atoms with Crippen LogP contribution in [-0.2, 0) is 0 Å². The van der Waals surface area contributed by atoms with Gasteiger partial charge < -0.3 is 0 Å². The molecular formula is C13H26. The second-order valence-corrected chi connectivity index (χ2v) is 1.95. The van der Waals surface area contributed by atoms with E-state index in [1.54, 1.807) is 6.08 Å². The largest absolute Gasteiger partial charge is 0.0991 e. The molecule has 0 heterocycles. The molecule has 0 bridgehead atoms. The summed E-state index contributed by atoms with van der Waals surface area (Å²) in [6, 6.07) is 0. The normalized spacial score (nSPS) is 9.54. The molecule has 0 aromatic rings. The highest BCUT2D eigenvalue weighted by atomic mass is 13.8. The van der Waals surface area contributed by atoms with Crippen LogP contribution in [-0.4, -0.2) is 0 Å². The minimum absolute atomic E-state index is 1.10. The highest BCUT2D eigenvalue weighted by molar-refractivity contribution is 5.18. The number of allylic oxidation sites excluding steroid dienone is 5. The van der Waals surface area contributed by atoms with Gasteiger partial charge in [-0.05, 0) is 13.3 Å². The maximum Gasteiger partial charge on any atom is -0.0374 e. The molecule has 0 saturated heterocycles. The SMILES string of the molecule is C=C/C=C\C(C)=C/CC.CC.CC. The molecule has 13 heavy (non-hydrogen) atoms. The van der Waals surface area contributed by atoms with Crippen LogP contribution in [0.25, 0.3) is 0 Å². The molecule has 0 N–H and O–H groups in total. The lowest BCUT2D eigenvalue weighted by Gasteiger charge is -1.85. The topological polar surface area (TPSA) is 0 Å². The average Bonchev–Trinajstić information content (AvgIpc) is 2.21. The molecule has 0 amide bonds. The van der Waals surface area contributed by atoms with Crippen LogP contribution in [0.3, 0.4) is 0 Å². The van der Waals surface area contributed by atoms with Crippen LogP contribution in [0, 0.1) is 0 Å². The fraction of sp³-hybridized carbons (Fsp3) is 0.538. The Bertz CT molecular complexity index is 127. The quantitative estimate of drug-likeness (QED) is 0.530. The van der Waals surface area contributed by atoms with E-state index >= 15 is 0 Å². The molecule has 0 aliphatic carbocycles. The Balaban J connectivity index is -0.000000218. The molecule has 0 spiro atoms. The van der Waals surface area contributed by atoms with Crippen molar-refractivity contribution in [3.8, 4) is 0 Å². The van der Waals surface area contributed by atoms with Gasteiger partial charge in [-0.3, -0.25) is 0 Å². The van der Waals surface area contributed by atoms with E-state index in [0.29, 0.717) is 0 Å². The summed E-state index contributed by atoms with van der Waals surface area (Å²) in [4.78, 5) is 0. The highest BCUT2D eigenvalue weighted by Gasteiger charge is 1.74. The second-order valence-electron chi connectivity index (χ2n) is 1.95. The Labute approximate surface area is 85.1 Å². The summed E-state index contributed by atoms with van der Waals surface area (Å²) in [5.41, 5.74) is 1.30. The second kappa shape index (κ2) is 22.5. The summed E-state index contributed by atoms with van der Waals surface area (Å²) in [5, 5.41) is 0. The molecule has 0 atom stereocenters. The van der Waals surface area contributed by atoms with E-state index < -0.39 is 0 Å². The molecule has 0 fully saturated rings. The molecule has 0 aromatic heterocycles. The Morgan fingerprint density at radius 3 is 1.92 bits per heavy atom. The summed E-state index contributed by atoms with van der Waals surface area (Å²) >= 11 is 0. The predicted molar refractivity (Wildman–Crippen MR) is 66.1 cm³/mol. The third kappa shape index (κ3) is 24.7. The standard InChI is InChI=1S/C9H14.2C2H6/c1-4-6-8-9(3)7-5-2;2*1-2/h4,6-8H,1,5H2,2-3H3;2*1-2H3/b8-6-,9-7-;;. The van der Waals surface area contributed by atoms with Gasteiger partial charge in [0.2, 0.25) is 0 Å². The third-order valence-electron chi connectivity index (χ3n) is 1.02. The van der Waals surface area contributed by atoms with Crippen molar-refractivity contribution in [2.45, 2.75) is 48.0 Å². The van der Waals surface area contributed by atoms with Crippen LogP contribution in [0.1, 0.15) is 48.0 Å². The Morgan fingerprint density at radius 2 is 1.62 bits per heavy atom. The van der Waals surface area contributed by atoms with Gasteiger partial charge in [-0.2, -0.15) is 0 Å². The van der Waals surface area contributed by atoms with Gasteiger partial charge in [-0.15, -0.1) is 0 Å². The molecule has 0 aliphatic heterocycles. The van der Waals surface area contributed by atoms with E-state index in [1.807, 2.05) is 33.8 Å². The van der Waals surface area contributed by atoms with E-state index in [1.165, 1.54) is 5.57 Å². The van der Waals surface area contributed by atoms with Gasteiger partial charge in [0.05, 0.1) is 0 Å². The van der Waals surface area contributed by atoms with Crippen molar-refractivity contribution in [3.63, 3.8) is 0 Å². The van der Waals surface area contributed by atoms with Crippen molar-refractivity contribution in [3.05, 3.63) is 36.5 Å². The average molecular weight is 182 g/mol. The lowest BCUT2D eigenvalue weighted by atomic mass is 10.2. The first-order chi connectivity index (χ1) is 6.31. The van der Waals surface area contributed by atoms with Crippen molar-refractivity contribution in [2.24, 2.45) is 0 Å². The molecule has 0 saturated carbocycles. The minimum atomic E-state index is 1.10. The summed E-state index contributed by atoms with van der Waals surface area (Å²) in [7, 11) is 0. The van der Waals surface area contributed by atoms with Gasteiger partial charge in [-0.25, -0.2) is 0 Å². The van der Waals surface area contributed by atoms with Crippen molar-refractivity contribution in [1.82, 2.24) is 0 Å². The zero-order chi connectivity index (χ0) is 11.1. The van der Waals surface area contributed by atoms with Gasteiger partial charge in [0, 0.05) is 0 Å². The first-order valence-corrected chi connectivity index (χ1v) is 5.27. The van der Waals surface area contributed by atoms with Gasteiger partial charge >= 0.3 is 0 Å². The van der Waals surface area contributed by atoms with Gasteiger partial charge in [0.15, 0.2) is 0 Å². The maximum absolute atomic E-state index is 3.58. The van der Waals surface area contributed by atoms with Gasteiger partial charge in [-0.1, -0.05) is 71.1 Å². The van der Waals surface area contributed by atoms with Gasteiger partial charge in [0.1, 0.15) is 0 Å². The van der Waals surface area contributed by atoms with Crippen molar-refractivity contribution >= 4 is 0 Å². The molecule has 0 radical (unpaired) electrons. The molecular weight excluding hydrogens is 156 g/mol. The fourth-order valence-corrected chi connectivity index (χ4v) is 0.610. The summed E-state index contributed by atoms with van der Waals surface area (Å²) in [6.45, 7) is 15.8. The van der Waals surface area contributed by atoms with E-state index in [-0.39, 0.29) is 0 Å². The molecule has 0 rings (SSSR count). The zero-order valence-electron chi connectivity index (χ0n) is 10.2. The molecule has 0 aromatic carbocycles. The van der Waals surface area contributed by atoms with Crippen LogP contribution in [0.5, 0.6) is 0 Å². The van der Waals surface area contributed by atoms with Crippen LogP contribution >= 0.6 is 0 Å². The van der Waals surface area contributed by atoms with Crippen LogP contribution in [0.2, 0.25) is 0 Å². The molecule has 0 nitrogen and oxygen atoms in total. The lowest BCUT2D eigenvalue weighted by molar-refractivity contribution is 1.20. The Kier molecular flexibility index (Phi) is 31.3. The summed E-state index contributed by atoms with van der Waals surface area (Å²) in [6.07, 6.45) is 9.07. The molecule has 0 heteroatoms. The van der Waals surface area contributed by atoms with E-state index in [9.17, 15) is 0 Å². The fourth-order valence-electron chi connectivity index (χ4n) is 0.610. The van der Waals surface area contributed by atoms with Crippen LogP contribution in [0.15, 0.2) is 36.5 Å². The molecule has 0 unspecified atom stereocenters. The Hall–Kier alpha value is -0.780. The first-order valence-electron chi connectivity index (χ1n) is 5.27. The molecule has 78 valence electrons. The van der Waals surface area contributed by atoms with Crippen molar-refractivity contribution < 1.29 is 0 Å². The minimum Gasteiger partial charge on any atom is -0.0991 e. The van der Waals surface area contributed by atoms with Crippen LogP contribution in [0.4, 0.5) is 0 Å². The monoisotopic (exact) mass is 182 g/mol. The van der Waals surface area contributed by atoms with E-state index in [2.05, 4.69) is 32.6 Å². The summed E-state index contributed by atoms with van der Waals surface area (Å²) < 4.78 is 0. The zero-order valence-corrected chi connectivity index (χ0v) is 10.2. The van der Waals surface area contributed by atoms with Gasteiger partial charge in [0.25, 0.3) is 0 Å². The predicted octanol–water partition coefficient (Wildman–Crippen LogP) is 5.14. The number of hydrogen-bond donors (Lipinski definition) is 0. The van der Waals surface area contributed by atoms with Crippen molar-refractivity contribution in [1.29, 1.82) is 0 Å². The first kappa shape index (κ1) is 18.1. The molecule has 0 aliphatic rings. The highest BCUT2D eigenvalue weighted by Crippen LogP contribution is 1.95. The number of hydrogen-bond acceptors (Lipinski definition) is 0. The smallest absolute Gasteiger partial charge is 0.0374 e. The van der Waals surface area contributed by atoms with Crippen LogP contribution < -0.4 is 0 Å². The maximum atomic E-state index is 3.58.